The van der Waals surface area contributed by atoms with Crippen LogP contribution in [0.5, 0.6) is 0 Å². The van der Waals surface area contributed by atoms with Crippen LogP contribution in [0.25, 0.3) is 0 Å². The first kappa shape index (κ1) is 5.97. The molecule has 0 spiro atoms. The Labute approximate surface area is 57.5 Å². The van der Waals surface area contributed by atoms with Gasteiger partial charge in [0.2, 0.25) is 0 Å². The fourth-order valence-electron chi connectivity index (χ4n) is 1.67. The van der Waals surface area contributed by atoms with E-state index >= 15 is 0 Å². The van der Waals surface area contributed by atoms with E-state index in [-0.39, 0.29) is 5.92 Å². The minimum absolute atomic E-state index is 0.0914. The van der Waals surface area contributed by atoms with Crippen LogP contribution in [-0.4, -0.2) is 19.1 Å². The largest absolute Gasteiger partial charge is 0.381 e. The zero-order valence-corrected chi connectivity index (χ0v) is 5.32. The molecule has 0 bridgehead atoms. The SMILES string of the molecule is O=NC(=O)C1C2COCC21. The molecule has 1 heterocycles. The van der Waals surface area contributed by atoms with Gasteiger partial charge in [0.15, 0.2) is 0 Å². The van der Waals surface area contributed by atoms with E-state index in [2.05, 4.69) is 5.18 Å². The van der Waals surface area contributed by atoms with Crippen molar-refractivity contribution in [2.75, 3.05) is 13.2 Å². The minimum Gasteiger partial charge on any atom is -0.381 e. The number of nitroso groups, excluding NO2 is 1. The van der Waals surface area contributed by atoms with Gasteiger partial charge in [-0.1, -0.05) is 0 Å². The highest BCUT2D eigenvalue weighted by molar-refractivity contribution is 5.83. The third-order valence-electron chi connectivity index (χ3n) is 2.33. The van der Waals surface area contributed by atoms with Gasteiger partial charge in [0.1, 0.15) is 0 Å². The second-order valence-corrected chi connectivity index (χ2v) is 2.82. The summed E-state index contributed by atoms with van der Waals surface area (Å²) in [5, 5.41) is 2.39. The molecule has 4 nitrogen and oxygen atoms in total. The highest BCUT2D eigenvalue weighted by Gasteiger charge is 2.58. The molecule has 2 rings (SSSR count). The highest BCUT2D eigenvalue weighted by atomic mass is 16.5. The van der Waals surface area contributed by atoms with Gasteiger partial charge in [-0.25, -0.2) is 0 Å². The van der Waals surface area contributed by atoms with Crippen LogP contribution in [0.1, 0.15) is 0 Å². The Balaban J connectivity index is 2.00. The quantitative estimate of drug-likeness (QED) is 0.489. The Morgan fingerprint density at radius 1 is 1.40 bits per heavy atom. The number of amides is 1. The van der Waals surface area contributed by atoms with E-state index in [9.17, 15) is 9.70 Å². The summed E-state index contributed by atoms with van der Waals surface area (Å²) in [5.41, 5.74) is 0. The Morgan fingerprint density at radius 2 is 2.00 bits per heavy atom. The lowest BCUT2D eigenvalue weighted by Crippen LogP contribution is -2.05. The van der Waals surface area contributed by atoms with E-state index in [4.69, 9.17) is 4.74 Å². The van der Waals surface area contributed by atoms with Crippen molar-refractivity contribution in [3.05, 3.63) is 4.91 Å². The molecule has 2 unspecified atom stereocenters. The summed E-state index contributed by atoms with van der Waals surface area (Å²) in [5.74, 6) is 0.0416. The zero-order chi connectivity index (χ0) is 7.14. The van der Waals surface area contributed by atoms with E-state index in [1.807, 2.05) is 0 Å². The van der Waals surface area contributed by atoms with Crippen molar-refractivity contribution in [3.63, 3.8) is 0 Å². The molecule has 1 saturated carbocycles. The normalized spacial score (nSPS) is 42.6. The first-order chi connectivity index (χ1) is 4.84. The monoisotopic (exact) mass is 141 g/mol. The molecule has 54 valence electrons. The van der Waals surface area contributed by atoms with Crippen molar-refractivity contribution in [2.24, 2.45) is 22.9 Å². The van der Waals surface area contributed by atoms with Gasteiger partial charge < -0.3 is 4.74 Å². The molecule has 0 aromatic rings. The fraction of sp³-hybridized carbons (Fsp3) is 0.833. The number of hydrogen-bond donors (Lipinski definition) is 0. The van der Waals surface area contributed by atoms with Crippen LogP contribution < -0.4 is 0 Å². The molecular weight excluding hydrogens is 134 g/mol. The van der Waals surface area contributed by atoms with Crippen LogP contribution in [0.2, 0.25) is 0 Å². The molecule has 1 saturated heterocycles. The van der Waals surface area contributed by atoms with E-state index in [1.54, 1.807) is 0 Å². The fourth-order valence-corrected chi connectivity index (χ4v) is 1.67. The summed E-state index contributed by atoms with van der Waals surface area (Å²) in [6, 6.07) is 0. The predicted octanol–water partition coefficient (Wildman–Crippen LogP) is 0.172. The second-order valence-electron chi connectivity index (χ2n) is 2.82. The van der Waals surface area contributed by atoms with E-state index in [1.165, 1.54) is 0 Å². The number of ether oxygens (including phenoxy) is 1. The number of nitrogens with zero attached hydrogens (tertiary/aromatic N) is 1. The van der Waals surface area contributed by atoms with Crippen molar-refractivity contribution in [2.45, 2.75) is 0 Å². The Morgan fingerprint density at radius 3 is 2.50 bits per heavy atom. The number of fused-ring (bicyclic) bond motifs is 1. The lowest BCUT2D eigenvalue weighted by Gasteiger charge is -1.95. The van der Waals surface area contributed by atoms with Crippen molar-refractivity contribution in [1.29, 1.82) is 0 Å². The van der Waals surface area contributed by atoms with Crippen LogP contribution in [0.15, 0.2) is 5.18 Å². The van der Waals surface area contributed by atoms with Gasteiger partial charge in [-0.2, -0.15) is 0 Å². The molecule has 1 aliphatic carbocycles. The van der Waals surface area contributed by atoms with E-state index in [0.717, 1.165) is 0 Å². The van der Waals surface area contributed by atoms with Crippen LogP contribution in [0, 0.1) is 22.7 Å². The Kier molecular flexibility index (Phi) is 1.11. The van der Waals surface area contributed by atoms with Crippen molar-refractivity contribution in [1.82, 2.24) is 0 Å². The molecule has 2 atom stereocenters. The van der Waals surface area contributed by atoms with Crippen molar-refractivity contribution in [3.8, 4) is 0 Å². The molecule has 1 amide bonds. The summed E-state index contributed by atoms with van der Waals surface area (Å²) in [4.78, 5) is 20.4. The zero-order valence-electron chi connectivity index (χ0n) is 5.32. The standard InChI is InChI=1S/C6H7NO3/c8-6(7-9)5-3-1-10-2-4(3)5/h3-5H,1-2H2. The number of carbonyl (C=O) groups excluding carboxylic acids is 1. The maximum atomic E-state index is 10.7. The Bertz CT molecular complexity index is 181. The second kappa shape index (κ2) is 1.85. The molecule has 0 N–H and O–H groups in total. The maximum Gasteiger partial charge on any atom is 0.290 e. The third-order valence-corrected chi connectivity index (χ3v) is 2.33. The first-order valence-corrected chi connectivity index (χ1v) is 3.29. The molecule has 0 aromatic carbocycles. The van der Waals surface area contributed by atoms with Gasteiger partial charge in [-0.15, -0.1) is 4.91 Å². The molecule has 4 heteroatoms. The number of rotatable bonds is 1. The van der Waals surface area contributed by atoms with Gasteiger partial charge in [0, 0.05) is 17.0 Å². The summed E-state index contributed by atoms with van der Waals surface area (Å²) in [7, 11) is 0. The highest BCUT2D eigenvalue weighted by Crippen LogP contribution is 2.51. The van der Waals surface area contributed by atoms with Crippen LogP contribution in [0.3, 0.4) is 0 Å². The van der Waals surface area contributed by atoms with Gasteiger partial charge in [-0.05, 0) is 0 Å². The lowest BCUT2D eigenvalue weighted by molar-refractivity contribution is -0.120. The molecule has 1 aliphatic heterocycles. The van der Waals surface area contributed by atoms with Crippen LogP contribution in [-0.2, 0) is 9.53 Å². The molecule has 0 aromatic heterocycles. The van der Waals surface area contributed by atoms with Crippen LogP contribution >= 0.6 is 0 Å². The van der Waals surface area contributed by atoms with Crippen molar-refractivity contribution >= 4 is 5.91 Å². The molecule has 0 radical (unpaired) electrons. The van der Waals surface area contributed by atoms with E-state index in [0.29, 0.717) is 25.0 Å². The molecule has 10 heavy (non-hydrogen) atoms. The van der Waals surface area contributed by atoms with E-state index < -0.39 is 5.91 Å². The van der Waals surface area contributed by atoms with Gasteiger partial charge in [-0.3, -0.25) is 4.79 Å². The first-order valence-electron chi connectivity index (χ1n) is 3.29. The lowest BCUT2D eigenvalue weighted by atomic mass is 10.3. The summed E-state index contributed by atoms with van der Waals surface area (Å²) < 4.78 is 5.04. The van der Waals surface area contributed by atoms with Crippen LogP contribution in [0.4, 0.5) is 0 Å². The Hall–Kier alpha value is -0.770. The number of carbonyl (C=O) groups is 1. The van der Waals surface area contributed by atoms with Gasteiger partial charge in [0.25, 0.3) is 5.91 Å². The summed E-state index contributed by atoms with van der Waals surface area (Å²) in [6.07, 6.45) is 0. The molecule has 2 fully saturated rings. The topological polar surface area (TPSA) is 55.7 Å². The van der Waals surface area contributed by atoms with Gasteiger partial charge in [0.05, 0.1) is 19.1 Å². The predicted molar refractivity (Wildman–Crippen MR) is 32.1 cm³/mol. The maximum absolute atomic E-state index is 10.7. The minimum atomic E-state index is -0.488. The average Bonchev–Trinajstić information content (AvgIpc) is 2.43. The molecular formula is C6H7NO3. The summed E-state index contributed by atoms with van der Waals surface area (Å²) in [6.45, 7) is 1.27. The molecule has 2 aliphatic rings. The number of hydrogen-bond acceptors (Lipinski definition) is 3. The average molecular weight is 141 g/mol. The summed E-state index contributed by atoms with van der Waals surface area (Å²) >= 11 is 0. The smallest absolute Gasteiger partial charge is 0.290 e. The van der Waals surface area contributed by atoms with Gasteiger partial charge >= 0.3 is 0 Å². The third kappa shape index (κ3) is 0.623. The van der Waals surface area contributed by atoms with Crippen molar-refractivity contribution < 1.29 is 9.53 Å².